The molecule has 0 amide bonds. The van der Waals surface area contributed by atoms with E-state index in [1.807, 2.05) is 17.9 Å². The predicted octanol–water partition coefficient (Wildman–Crippen LogP) is -0.218. The first-order chi connectivity index (χ1) is 4.88. The molecule has 0 saturated carbocycles. The van der Waals surface area contributed by atoms with Crippen LogP contribution in [0.25, 0.3) is 11.2 Å². The van der Waals surface area contributed by atoms with Gasteiger partial charge in [0.15, 0.2) is 0 Å². The van der Waals surface area contributed by atoms with Crippen LogP contribution in [0.1, 0.15) is 0 Å². The van der Waals surface area contributed by atoms with Crippen molar-refractivity contribution >= 4 is 11.2 Å². The minimum Gasteiger partial charge on any atom is -0.240 e. The van der Waals surface area contributed by atoms with Gasteiger partial charge in [-0.3, -0.25) is 0 Å². The van der Waals surface area contributed by atoms with E-state index in [0.717, 1.165) is 11.2 Å². The third-order valence-electron chi connectivity index (χ3n) is 1.47. The van der Waals surface area contributed by atoms with Crippen molar-refractivity contribution in [3.05, 3.63) is 18.9 Å². The highest BCUT2D eigenvalue weighted by Crippen LogP contribution is 1.96. The highest BCUT2D eigenvalue weighted by molar-refractivity contribution is 5.63. The van der Waals surface area contributed by atoms with Gasteiger partial charge in [-0.2, -0.15) is 4.98 Å². The molecule has 4 nitrogen and oxygen atoms in total. The van der Waals surface area contributed by atoms with Crippen molar-refractivity contribution in [2.45, 2.75) is 0 Å². The number of nitrogens with one attached hydrogen (secondary N) is 1. The normalized spacial score (nSPS) is 10.5. The minimum absolute atomic E-state index is 0.873. The van der Waals surface area contributed by atoms with Crippen molar-refractivity contribution < 1.29 is 4.57 Å². The van der Waals surface area contributed by atoms with E-state index in [1.165, 1.54) is 6.33 Å². The highest BCUT2D eigenvalue weighted by Gasteiger charge is 2.04. The van der Waals surface area contributed by atoms with Crippen molar-refractivity contribution in [1.82, 2.24) is 15.0 Å². The first kappa shape index (κ1) is 5.34. The van der Waals surface area contributed by atoms with E-state index >= 15 is 0 Å². The Balaban J connectivity index is 2.93. The molecule has 2 aromatic rings. The lowest BCUT2D eigenvalue weighted by Crippen LogP contribution is -2.24. The van der Waals surface area contributed by atoms with Gasteiger partial charge in [0.05, 0.1) is 13.2 Å². The van der Waals surface area contributed by atoms with Crippen LogP contribution in [0.2, 0.25) is 0 Å². The quantitative estimate of drug-likeness (QED) is 0.508. The number of hydrogen-bond donors (Lipinski definition) is 1. The first-order valence-electron chi connectivity index (χ1n) is 3.00. The number of hydrogen-bond acceptors (Lipinski definition) is 2. The van der Waals surface area contributed by atoms with Crippen LogP contribution in [0.15, 0.2) is 18.9 Å². The second-order valence-electron chi connectivity index (χ2n) is 2.14. The van der Waals surface area contributed by atoms with Gasteiger partial charge in [-0.1, -0.05) is 0 Å². The Morgan fingerprint density at radius 2 is 2.50 bits per heavy atom. The summed E-state index contributed by atoms with van der Waals surface area (Å²) in [5.41, 5.74) is 1.89. The summed E-state index contributed by atoms with van der Waals surface area (Å²) < 4.78 is 1.94. The van der Waals surface area contributed by atoms with Crippen LogP contribution >= 0.6 is 0 Å². The molecular weight excluding hydrogens is 128 g/mol. The molecule has 0 aromatic carbocycles. The summed E-state index contributed by atoms with van der Waals surface area (Å²) in [7, 11) is 1.95. The second-order valence-corrected chi connectivity index (χ2v) is 2.14. The molecular formula is C6H7N4+. The molecule has 0 atom stereocenters. The van der Waals surface area contributed by atoms with Gasteiger partial charge in [0.1, 0.15) is 6.33 Å². The van der Waals surface area contributed by atoms with Crippen LogP contribution in [0.3, 0.4) is 0 Å². The number of aromatic nitrogens is 4. The molecule has 1 N–H and O–H groups in total. The number of aromatic amines is 1. The number of imidazole rings is 1. The van der Waals surface area contributed by atoms with E-state index < -0.39 is 0 Å². The summed E-state index contributed by atoms with van der Waals surface area (Å²) in [5, 5.41) is 0. The lowest BCUT2D eigenvalue weighted by molar-refractivity contribution is -0.644. The lowest BCUT2D eigenvalue weighted by Gasteiger charge is -1.81. The standard InChI is InChI=1S/C6H6N4/c1-10-4-9-6-5(10)2-7-3-8-6/h2-4H,1H3/p+1. The average molecular weight is 135 g/mol. The number of rotatable bonds is 0. The lowest BCUT2D eigenvalue weighted by atomic mass is 10.5. The molecule has 0 radical (unpaired) electrons. The average Bonchev–Trinajstić information content (AvgIpc) is 2.34. The molecule has 0 spiro atoms. The topological polar surface area (TPSA) is 45.5 Å². The van der Waals surface area contributed by atoms with Gasteiger partial charge in [-0.15, -0.1) is 0 Å². The predicted molar refractivity (Wildman–Crippen MR) is 35.1 cm³/mol. The van der Waals surface area contributed by atoms with E-state index in [-0.39, 0.29) is 0 Å². The number of aryl methyl sites for hydroxylation is 1. The van der Waals surface area contributed by atoms with E-state index in [4.69, 9.17) is 0 Å². The van der Waals surface area contributed by atoms with Crippen molar-refractivity contribution in [3.8, 4) is 0 Å². The van der Waals surface area contributed by atoms with Crippen LogP contribution in [-0.2, 0) is 7.05 Å². The zero-order chi connectivity index (χ0) is 6.97. The Hall–Kier alpha value is -1.45. The summed E-state index contributed by atoms with van der Waals surface area (Å²) in [5.74, 6) is 0. The molecule has 2 aromatic heterocycles. The van der Waals surface area contributed by atoms with Crippen LogP contribution in [0.5, 0.6) is 0 Å². The van der Waals surface area contributed by atoms with Crippen molar-refractivity contribution in [2.75, 3.05) is 0 Å². The fourth-order valence-electron chi connectivity index (χ4n) is 0.919. The van der Waals surface area contributed by atoms with E-state index in [1.54, 1.807) is 6.20 Å². The largest absolute Gasteiger partial charge is 0.269 e. The van der Waals surface area contributed by atoms with Gasteiger partial charge in [0.25, 0.3) is 5.65 Å². The monoisotopic (exact) mass is 135 g/mol. The van der Waals surface area contributed by atoms with Crippen molar-refractivity contribution in [2.24, 2.45) is 7.05 Å². The Morgan fingerprint density at radius 1 is 1.60 bits per heavy atom. The summed E-state index contributed by atoms with van der Waals surface area (Å²) in [6.07, 6.45) is 5.15. The Morgan fingerprint density at radius 3 is 3.30 bits per heavy atom. The fourth-order valence-corrected chi connectivity index (χ4v) is 0.919. The Kier molecular flexibility index (Phi) is 0.943. The molecule has 4 heteroatoms. The molecule has 0 bridgehead atoms. The van der Waals surface area contributed by atoms with Gasteiger partial charge in [0, 0.05) is 0 Å². The third kappa shape index (κ3) is 0.586. The molecule has 0 unspecified atom stereocenters. The van der Waals surface area contributed by atoms with Crippen molar-refractivity contribution in [3.63, 3.8) is 0 Å². The molecule has 0 aliphatic heterocycles. The number of nitrogens with zero attached hydrogens (tertiary/aromatic N) is 3. The Bertz CT molecular complexity index is 351. The molecule has 2 rings (SSSR count). The molecule has 0 aliphatic rings. The highest BCUT2D eigenvalue weighted by atomic mass is 15.1. The van der Waals surface area contributed by atoms with Crippen molar-refractivity contribution in [1.29, 1.82) is 0 Å². The zero-order valence-corrected chi connectivity index (χ0v) is 5.57. The van der Waals surface area contributed by atoms with Gasteiger partial charge < -0.3 is 0 Å². The van der Waals surface area contributed by atoms with Crippen LogP contribution in [0.4, 0.5) is 0 Å². The smallest absolute Gasteiger partial charge is 0.240 e. The van der Waals surface area contributed by atoms with Crippen LogP contribution in [0, 0.1) is 0 Å². The summed E-state index contributed by atoms with van der Waals surface area (Å²) in [6.45, 7) is 0. The molecule has 0 aliphatic carbocycles. The summed E-state index contributed by atoms with van der Waals surface area (Å²) >= 11 is 0. The van der Waals surface area contributed by atoms with Gasteiger partial charge in [0.2, 0.25) is 11.8 Å². The van der Waals surface area contributed by atoms with Crippen LogP contribution < -0.4 is 4.57 Å². The molecule has 2 heterocycles. The molecule has 10 heavy (non-hydrogen) atoms. The van der Waals surface area contributed by atoms with E-state index in [9.17, 15) is 0 Å². The Labute approximate surface area is 57.6 Å². The maximum atomic E-state index is 4.01. The minimum atomic E-state index is 0.873. The molecule has 0 fully saturated rings. The first-order valence-corrected chi connectivity index (χ1v) is 3.00. The maximum absolute atomic E-state index is 4.01. The number of fused-ring (bicyclic) bond motifs is 1. The molecule has 0 saturated heterocycles. The SMILES string of the molecule is C[n+]1c[nH]c2ncncc21. The third-order valence-corrected chi connectivity index (χ3v) is 1.47. The van der Waals surface area contributed by atoms with E-state index in [2.05, 4.69) is 15.0 Å². The maximum Gasteiger partial charge on any atom is 0.269 e. The van der Waals surface area contributed by atoms with Gasteiger partial charge >= 0.3 is 0 Å². The zero-order valence-electron chi connectivity index (χ0n) is 5.57. The summed E-state index contributed by atoms with van der Waals surface area (Å²) in [6, 6.07) is 0. The summed E-state index contributed by atoms with van der Waals surface area (Å²) in [4.78, 5) is 10.9. The second kappa shape index (κ2) is 1.76. The molecule has 50 valence electrons. The van der Waals surface area contributed by atoms with E-state index in [0.29, 0.717) is 0 Å². The van der Waals surface area contributed by atoms with Gasteiger partial charge in [-0.05, 0) is 0 Å². The number of H-pyrrole nitrogens is 1. The van der Waals surface area contributed by atoms with Crippen LogP contribution in [-0.4, -0.2) is 15.0 Å². The fraction of sp³-hybridized carbons (Fsp3) is 0.167. The van der Waals surface area contributed by atoms with Gasteiger partial charge in [-0.25, -0.2) is 14.5 Å².